The van der Waals surface area contributed by atoms with Gasteiger partial charge in [-0.3, -0.25) is 9.78 Å². The third-order valence-corrected chi connectivity index (χ3v) is 3.02. The molecular formula is C15H18N4O. The number of hydrogen-bond acceptors (Lipinski definition) is 4. The lowest BCUT2D eigenvalue weighted by Crippen LogP contribution is -2.21. The Labute approximate surface area is 118 Å². The first-order chi connectivity index (χ1) is 9.58. The van der Waals surface area contributed by atoms with Crippen LogP contribution in [0, 0.1) is 6.92 Å². The summed E-state index contributed by atoms with van der Waals surface area (Å²) in [5, 5.41) is 3.22. The van der Waals surface area contributed by atoms with Gasteiger partial charge in [0.15, 0.2) is 0 Å². The van der Waals surface area contributed by atoms with Gasteiger partial charge in [-0.05, 0) is 36.2 Å². The number of anilines is 1. The van der Waals surface area contributed by atoms with Crippen LogP contribution in [0.15, 0.2) is 36.8 Å². The molecule has 2 aromatic heterocycles. The van der Waals surface area contributed by atoms with Crippen LogP contribution in [-0.2, 0) is 6.54 Å². The second kappa shape index (κ2) is 6.14. The standard InChI is InChI=1S/C15H18N4O/c1-11-6-7-16-8-13(11)10-18-14-5-4-12(9-17-14)15(20)19(2)3/h4-9H,10H2,1-3H3,(H,17,18). The van der Waals surface area contributed by atoms with Crippen molar-refractivity contribution in [2.45, 2.75) is 13.5 Å². The second-order valence-corrected chi connectivity index (χ2v) is 4.79. The maximum atomic E-state index is 11.7. The third kappa shape index (κ3) is 3.32. The van der Waals surface area contributed by atoms with E-state index in [1.807, 2.05) is 25.3 Å². The van der Waals surface area contributed by atoms with Crippen LogP contribution in [0.25, 0.3) is 0 Å². The smallest absolute Gasteiger partial charge is 0.254 e. The number of carbonyl (C=O) groups excluding carboxylic acids is 1. The molecule has 5 nitrogen and oxygen atoms in total. The first kappa shape index (κ1) is 14.0. The molecular weight excluding hydrogens is 252 g/mol. The Morgan fingerprint density at radius 1 is 1.25 bits per heavy atom. The minimum Gasteiger partial charge on any atom is -0.366 e. The Morgan fingerprint density at radius 2 is 2.05 bits per heavy atom. The Kier molecular flexibility index (Phi) is 4.30. The highest BCUT2D eigenvalue weighted by atomic mass is 16.2. The van der Waals surface area contributed by atoms with E-state index < -0.39 is 0 Å². The van der Waals surface area contributed by atoms with Gasteiger partial charge >= 0.3 is 0 Å². The third-order valence-electron chi connectivity index (χ3n) is 3.02. The maximum absolute atomic E-state index is 11.7. The summed E-state index contributed by atoms with van der Waals surface area (Å²) < 4.78 is 0. The first-order valence-corrected chi connectivity index (χ1v) is 6.39. The summed E-state index contributed by atoms with van der Waals surface area (Å²) >= 11 is 0. The van der Waals surface area contributed by atoms with Crippen molar-refractivity contribution in [2.24, 2.45) is 0 Å². The molecule has 0 aromatic carbocycles. The molecule has 0 saturated heterocycles. The summed E-state index contributed by atoms with van der Waals surface area (Å²) in [5.74, 6) is 0.690. The molecule has 1 amide bonds. The first-order valence-electron chi connectivity index (χ1n) is 6.39. The van der Waals surface area contributed by atoms with Gasteiger partial charge in [-0.25, -0.2) is 4.98 Å². The number of hydrogen-bond donors (Lipinski definition) is 1. The van der Waals surface area contributed by atoms with Gasteiger partial charge < -0.3 is 10.2 Å². The van der Waals surface area contributed by atoms with Gasteiger partial charge in [0.2, 0.25) is 0 Å². The van der Waals surface area contributed by atoms with Crippen LogP contribution in [0.1, 0.15) is 21.5 Å². The largest absolute Gasteiger partial charge is 0.366 e. The molecule has 0 aliphatic heterocycles. The molecule has 0 aliphatic rings. The average Bonchev–Trinajstić information content (AvgIpc) is 2.46. The van der Waals surface area contributed by atoms with Gasteiger partial charge in [0, 0.05) is 39.2 Å². The van der Waals surface area contributed by atoms with Crippen molar-refractivity contribution in [3.8, 4) is 0 Å². The highest BCUT2D eigenvalue weighted by Gasteiger charge is 2.08. The lowest BCUT2D eigenvalue weighted by molar-refractivity contribution is 0.0827. The van der Waals surface area contributed by atoms with Crippen LogP contribution in [0.4, 0.5) is 5.82 Å². The summed E-state index contributed by atoms with van der Waals surface area (Å²) in [6, 6.07) is 5.56. The predicted molar refractivity (Wildman–Crippen MR) is 78.6 cm³/mol. The number of nitrogens with one attached hydrogen (secondary N) is 1. The fourth-order valence-electron chi connectivity index (χ4n) is 1.75. The van der Waals surface area contributed by atoms with Gasteiger partial charge in [0.05, 0.1) is 5.56 Å². The molecule has 0 fully saturated rings. The minimum atomic E-state index is -0.0489. The van der Waals surface area contributed by atoms with Crippen LogP contribution in [0.3, 0.4) is 0 Å². The zero-order valence-electron chi connectivity index (χ0n) is 11.9. The van der Waals surface area contributed by atoms with E-state index in [-0.39, 0.29) is 5.91 Å². The number of aromatic nitrogens is 2. The van der Waals surface area contributed by atoms with E-state index in [1.165, 1.54) is 10.5 Å². The fourth-order valence-corrected chi connectivity index (χ4v) is 1.75. The summed E-state index contributed by atoms with van der Waals surface area (Å²) in [7, 11) is 3.44. The Balaban J connectivity index is 2.01. The van der Waals surface area contributed by atoms with E-state index in [4.69, 9.17) is 0 Å². The van der Waals surface area contributed by atoms with E-state index in [9.17, 15) is 4.79 Å². The lowest BCUT2D eigenvalue weighted by atomic mass is 10.1. The Hall–Kier alpha value is -2.43. The van der Waals surface area contributed by atoms with Crippen LogP contribution < -0.4 is 5.32 Å². The van der Waals surface area contributed by atoms with Crippen LogP contribution in [0.5, 0.6) is 0 Å². The number of rotatable bonds is 4. The van der Waals surface area contributed by atoms with Crippen molar-refractivity contribution in [3.63, 3.8) is 0 Å². The molecule has 0 aliphatic carbocycles. The van der Waals surface area contributed by atoms with Gasteiger partial charge in [-0.15, -0.1) is 0 Å². The molecule has 5 heteroatoms. The summed E-state index contributed by atoms with van der Waals surface area (Å²) in [6.07, 6.45) is 5.20. The molecule has 0 radical (unpaired) electrons. The zero-order chi connectivity index (χ0) is 14.5. The number of carbonyl (C=O) groups is 1. The van der Waals surface area contributed by atoms with E-state index in [2.05, 4.69) is 15.3 Å². The molecule has 0 saturated carbocycles. The molecule has 1 N–H and O–H groups in total. The van der Waals surface area contributed by atoms with Gasteiger partial charge in [0.25, 0.3) is 5.91 Å². The molecule has 2 aromatic rings. The van der Waals surface area contributed by atoms with Gasteiger partial charge in [-0.1, -0.05) is 0 Å². The number of nitrogens with zero attached hydrogens (tertiary/aromatic N) is 3. The normalized spacial score (nSPS) is 10.2. The van der Waals surface area contributed by atoms with E-state index >= 15 is 0 Å². The zero-order valence-corrected chi connectivity index (χ0v) is 11.9. The maximum Gasteiger partial charge on any atom is 0.254 e. The van der Waals surface area contributed by atoms with E-state index in [0.717, 1.165) is 11.4 Å². The van der Waals surface area contributed by atoms with Crippen molar-refractivity contribution in [1.29, 1.82) is 0 Å². The van der Waals surface area contributed by atoms with Crippen molar-refractivity contribution < 1.29 is 4.79 Å². The van der Waals surface area contributed by atoms with Crippen LogP contribution in [0.2, 0.25) is 0 Å². The summed E-state index contributed by atoms with van der Waals surface area (Å²) in [5.41, 5.74) is 2.90. The topological polar surface area (TPSA) is 58.1 Å². The van der Waals surface area contributed by atoms with E-state index in [0.29, 0.717) is 12.1 Å². The Bertz CT molecular complexity index is 593. The molecule has 2 heterocycles. The van der Waals surface area contributed by atoms with Crippen molar-refractivity contribution >= 4 is 11.7 Å². The molecule has 0 atom stereocenters. The molecule has 104 valence electrons. The van der Waals surface area contributed by atoms with Crippen LogP contribution in [-0.4, -0.2) is 34.9 Å². The van der Waals surface area contributed by atoms with Crippen molar-refractivity contribution in [2.75, 3.05) is 19.4 Å². The highest BCUT2D eigenvalue weighted by molar-refractivity contribution is 5.93. The number of aryl methyl sites for hydroxylation is 1. The monoisotopic (exact) mass is 270 g/mol. The quantitative estimate of drug-likeness (QED) is 0.924. The lowest BCUT2D eigenvalue weighted by Gasteiger charge is -2.11. The molecule has 0 unspecified atom stereocenters. The number of pyridine rings is 2. The SMILES string of the molecule is Cc1ccncc1CNc1ccc(C(=O)N(C)C)cn1. The predicted octanol–water partition coefficient (Wildman–Crippen LogP) is 2.10. The van der Waals surface area contributed by atoms with Gasteiger partial charge in [-0.2, -0.15) is 0 Å². The average molecular weight is 270 g/mol. The molecule has 0 spiro atoms. The Morgan fingerprint density at radius 3 is 2.65 bits per heavy atom. The van der Waals surface area contributed by atoms with Crippen molar-refractivity contribution in [1.82, 2.24) is 14.9 Å². The van der Waals surface area contributed by atoms with Gasteiger partial charge in [0.1, 0.15) is 5.82 Å². The summed E-state index contributed by atoms with van der Waals surface area (Å²) in [4.78, 5) is 21.6. The minimum absolute atomic E-state index is 0.0489. The second-order valence-electron chi connectivity index (χ2n) is 4.79. The van der Waals surface area contributed by atoms with Crippen LogP contribution >= 0.6 is 0 Å². The molecule has 20 heavy (non-hydrogen) atoms. The van der Waals surface area contributed by atoms with Crippen molar-refractivity contribution in [3.05, 3.63) is 53.5 Å². The molecule has 2 rings (SSSR count). The highest BCUT2D eigenvalue weighted by Crippen LogP contribution is 2.10. The van der Waals surface area contributed by atoms with E-state index in [1.54, 1.807) is 32.6 Å². The number of amides is 1. The molecule has 0 bridgehead atoms. The fraction of sp³-hybridized carbons (Fsp3) is 0.267. The summed E-state index contributed by atoms with van der Waals surface area (Å²) in [6.45, 7) is 2.71.